The Morgan fingerprint density at radius 3 is 2.62 bits per heavy atom. The number of rotatable bonds is 5. The number of benzene rings is 1. The van der Waals surface area contributed by atoms with Gasteiger partial charge in [-0.25, -0.2) is 5.48 Å². The van der Waals surface area contributed by atoms with E-state index in [1.165, 1.54) is 6.42 Å². The second kappa shape index (κ2) is 8.40. The molecule has 0 heterocycles. The molecule has 0 unspecified atom stereocenters. The van der Waals surface area contributed by atoms with Crippen LogP contribution in [0.4, 0.5) is 11.4 Å². The molecule has 2 amide bonds. The summed E-state index contributed by atoms with van der Waals surface area (Å²) in [6.07, 6.45) is 6.89. The number of carbonyl (C=O) groups is 2. The lowest BCUT2D eigenvalue weighted by molar-refractivity contribution is -0.125. The number of hydrogen-bond donors (Lipinski definition) is 3. The Morgan fingerprint density at radius 2 is 2.00 bits per heavy atom. The molecule has 0 spiro atoms. The molecule has 0 bridgehead atoms. The van der Waals surface area contributed by atoms with E-state index in [1.807, 2.05) is 0 Å². The van der Waals surface area contributed by atoms with Crippen LogP contribution < -0.4 is 10.8 Å². The van der Waals surface area contributed by atoms with Crippen molar-refractivity contribution < 1.29 is 14.8 Å². The molecule has 1 aromatic rings. The van der Waals surface area contributed by atoms with Crippen molar-refractivity contribution in [1.82, 2.24) is 5.48 Å². The summed E-state index contributed by atoms with van der Waals surface area (Å²) < 4.78 is 0. The standard InChI is InChI=1S/C18H23N3O3/c1-12(17(22)21-24)10-14-8-9-15(11-16(14)19-2)20-18(23)13-6-4-3-5-7-13/h8-11,13,24H,2-7H2,1H3,(H,20,23)(H,21,22)/b12-10+. The summed E-state index contributed by atoms with van der Waals surface area (Å²) in [6, 6.07) is 5.25. The van der Waals surface area contributed by atoms with Gasteiger partial charge < -0.3 is 5.32 Å². The van der Waals surface area contributed by atoms with Crippen LogP contribution >= 0.6 is 0 Å². The predicted octanol–water partition coefficient (Wildman–Crippen LogP) is 3.45. The normalized spacial score (nSPS) is 15.7. The Balaban J connectivity index is 2.14. The van der Waals surface area contributed by atoms with Crippen molar-refractivity contribution in [3.05, 3.63) is 29.3 Å². The van der Waals surface area contributed by atoms with Gasteiger partial charge in [-0.15, -0.1) is 0 Å². The van der Waals surface area contributed by atoms with Gasteiger partial charge in [-0.2, -0.15) is 0 Å². The Labute approximate surface area is 141 Å². The van der Waals surface area contributed by atoms with E-state index in [1.54, 1.807) is 36.7 Å². The third kappa shape index (κ3) is 4.52. The Morgan fingerprint density at radius 1 is 1.29 bits per heavy atom. The summed E-state index contributed by atoms with van der Waals surface area (Å²) in [5.41, 5.74) is 3.82. The molecule has 1 fully saturated rings. The number of carbonyl (C=O) groups excluding carboxylic acids is 2. The van der Waals surface area contributed by atoms with Gasteiger partial charge >= 0.3 is 0 Å². The molecular formula is C18H23N3O3. The summed E-state index contributed by atoms with van der Waals surface area (Å²) >= 11 is 0. The summed E-state index contributed by atoms with van der Waals surface area (Å²) in [6.45, 7) is 5.11. The van der Waals surface area contributed by atoms with Crippen molar-refractivity contribution in [2.45, 2.75) is 39.0 Å². The molecule has 6 heteroatoms. The molecule has 2 rings (SSSR count). The molecule has 1 aliphatic rings. The zero-order valence-corrected chi connectivity index (χ0v) is 13.8. The maximum absolute atomic E-state index is 12.3. The average Bonchev–Trinajstić information content (AvgIpc) is 2.62. The molecule has 128 valence electrons. The van der Waals surface area contributed by atoms with Gasteiger partial charge in [-0.1, -0.05) is 25.3 Å². The van der Waals surface area contributed by atoms with Gasteiger partial charge in [0, 0.05) is 22.7 Å². The highest BCUT2D eigenvalue weighted by molar-refractivity contribution is 5.98. The fourth-order valence-electron chi connectivity index (χ4n) is 2.88. The molecule has 1 aliphatic carbocycles. The van der Waals surface area contributed by atoms with E-state index in [-0.39, 0.29) is 11.8 Å². The van der Waals surface area contributed by atoms with Gasteiger partial charge in [0.1, 0.15) is 0 Å². The fraction of sp³-hybridized carbons (Fsp3) is 0.389. The van der Waals surface area contributed by atoms with Crippen LogP contribution in [0, 0.1) is 5.92 Å². The molecule has 0 saturated heterocycles. The van der Waals surface area contributed by atoms with Crippen molar-refractivity contribution in [3.63, 3.8) is 0 Å². The van der Waals surface area contributed by atoms with E-state index >= 15 is 0 Å². The summed E-state index contributed by atoms with van der Waals surface area (Å²) in [4.78, 5) is 27.6. The fourth-order valence-corrected chi connectivity index (χ4v) is 2.88. The Hall–Kier alpha value is -2.47. The van der Waals surface area contributed by atoms with E-state index in [2.05, 4.69) is 17.0 Å². The zero-order valence-electron chi connectivity index (χ0n) is 13.8. The summed E-state index contributed by atoms with van der Waals surface area (Å²) in [7, 11) is 0. The Kier molecular flexibility index (Phi) is 6.26. The smallest absolute Gasteiger partial charge is 0.270 e. The van der Waals surface area contributed by atoms with Crippen LogP contribution in [0.15, 0.2) is 28.8 Å². The van der Waals surface area contributed by atoms with Crippen LogP contribution in [0.2, 0.25) is 0 Å². The first-order chi connectivity index (χ1) is 11.5. The van der Waals surface area contributed by atoms with Gasteiger partial charge in [0.2, 0.25) is 5.91 Å². The second-order valence-corrected chi connectivity index (χ2v) is 6.02. The van der Waals surface area contributed by atoms with Crippen molar-refractivity contribution in [2.24, 2.45) is 10.9 Å². The first kappa shape index (κ1) is 17.9. The topological polar surface area (TPSA) is 90.8 Å². The highest BCUT2D eigenvalue weighted by Gasteiger charge is 2.21. The average molecular weight is 329 g/mol. The lowest BCUT2D eigenvalue weighted by atomic mass is 9.88. The summed E-state index contributed by atoms with van der Waals surface area (Å²) in [5, 5.41) is 11.6. The van der Waals surface area contributed by atoms with Gasteiger partial charge in [0.25, 0.3) is 5.91 Å². The number of hydrogen-bond acceptors (Lipinski definition) is 4. The minimum Gasteiger partial charge on any atom is -0.326 e. The van der Waals surface area contributed by atoms with Crippen molar-refractivity contribution in [2.75, 3.05) is 5.32 Å². The van der Waals surface area contributed by atoms with Gasteiger partial charge in [-0.3, -0.25) is 19.8 Å². The third-order valence-corrected chi connectivity index (χ3v) is 4.28. The maximum Gasteiger partial charge on any atom is 0.270 e. The molecule has 0 aromatic heterocycles. The van der Waals surface area contributed by atoms with Crippen molar-refractivity contribution in [1.29, 1.82) is 0 Å². The lowest BCUT2D eigenvalue weighted by Crippen LogP contribution is -2.24. The molecule has 6 nitrogen and oxygen atoms in total. The van der Waals surface area contributed by atoms with Crippen LogP contribution in [0.3, 0.4) is 0 Å². The minimum absolute atomic E-state index is 0.0452. The van der Waals surface area contributed by atoms with Crippen molar-refractivity contribution >= 4 is 36.0 Å². The molecule has 24 heavy (non-hydrogen) atoms. The van der Waals surface area contributed by atoms with Crippen LogP contribution in [0.25, 0.3) is 6.08 Å². The number of amides is 2. The quantitative estimate of drug-likeness (QED) is 0.334. The largest absolute Gasteiger partial charge is 0.326 e. The van der Waals surface area contributed by atoms with E-state index in [4.69, 9.17) is 5.21 Å². The number of aliphatic imine (C=N–C) groups is 1. The van der Waals surface area contributed by atoms with Crippen LogP contribution in [-0.4, -0.2) is 23.7 Å². The van der Waals surface area contributed by atoms with E-state index < -0.39 is 5.91 Å². The molecule has 1 aromatic carbocycles. The molecule has 3 N–H and O–H groups in total. The molecule has 0 atom stereocenters. The third-order valence-electron chi connectivity index (χ3n) is 4.28. The highest BCUT2D eigenvalue weighted by Crippen LogP contribution is 2.28. The number of anilines is 1. The van der Waals surface area contributed by atoms with E-state index in [0.29, 0.717) is 22.5 Å². The predicted molar refractivity (Wildman–Crippen MR) is 94.4 cm³/mol. The highest BCUT2D eigenvalue weighted by atomic mass is 16.5. The number of nitrogens with zero attached hydrogens (tertiary/aromatic N) is 1. The van der Waals surface area contributed by atoms with Gasteiger partial charge in [0.15, 0.2) is 0 Å². The van der Waals surface area contributed by atoms with Crippen LogP contribution in [0.1, 0.15) is 44.6 Å². The van der Waals surface area contributed by atoms with Crippen molar-refractivity contribution in [3.8, 4) is 0 Å². The zero-order chi connectivity index (χ0) is 17.5. The Bertz CT molecular complexity index is 661. The van der Waals surface area contributed by atoms with Gasteiger partial charge in [0.05, 0.1) is 5.69 Å². The summed E-state index contributed by atoms with van der Waals surface area (Å²) in [5.74, 6) is -0.461. The second-order valence-electron chi connectivity index (χ2n) is 6.02. The molecule has 0 aliphatic heterocycles. The molecule has 1 saturated carbocycles. The van der Waals surface area contributed by atoms with E-state index in [0.717, 1.165) is 25.7 Å². The molecular weight excluding hydrogens is 306 g/mol. The minimum atomic E-state index is -0.584. The number of nitrogens with one attached hydrogen (secondary N) is 2. The number of hydroxylamine groups is 1. The van der Waals surface area contributed by atoms with Gasteiger partial charge in [-0.05, 0) is 44.7 Å². The first-order valence-corrected chi connectivity index (χ1v) is 8.09. The monoisotopic (exact) mass is 329 g/mol. The van der Waals surface area contributed by atoms with Crippen LogP contribution in [-0.2, 0) is 9.59 Å². The maximum atomic E-state index is 12.3. The van der Waals surface area contributed by atoms with E-state index in [9.17, 15) is 9.59 Å². The van der Waals surface area contributed by atoms with Crippen LogP contribution in [0.5, 0.6) is 0 Å². The SMILES string of the molecule is C=Nc1cc(NC(=O)C2CCCCC2)ccc1/C=C(\C)C(=O)NO. The lowest BCUT2D eigenvalue weighted by Gasteiger charge is -2.20. The molecule has 0 radical (unpaired) electrons. The first-order valence-electron chi connectivity index (χ1n) is 8.09.